The minimum atomic E-state index is -1.06. The van der Waals surface area contributed by atoms with E-state index < -0.39 is 5.97 Å². The average Bonchev–Trinajstić information content (AvgIpc) is 2.32. The van der Waals surface area contributed by atoms with E-state index in [0.29, 0.717) is 18.0 Å². The molecule has 0 bridgehead atoms. The standard InChI is InChI=1S/C13H17N3O3/c1-19-10-5-9(13(10)3-2-4-13)16-11-7-14-8(6-15-11)12(17)18/h6-7,9-10H,2-5H2,1H3,(H,15,16)(H,17,18). The normalized spacial score (nSPS) is 27.4. The summed E-state index contributed by atoms with van der Waals surface area (Å²) in [4.78, 5) is 18.7. The fourth-order valence-electron chi connectivity index (χ4n) is 3.23. The highest BCUT2D eigenvalue weighted by atomic mass is 16.5. The highest BCUT2D eigenvalue weighted by Gasteiger charge is 2.58. The van der Waals surface area contributed by atoms with Crippen LogP contribution in [0.15, 0.2) is 12.4 Å². The van der Waals surface area contributed by atoms with E-state index in [4.69, 9.17) is 9.84 Å². The Kier molecular flexibility index (Phi) is 2.89. The molecular weight excluding hydrogens is 246 g/mol. The minimum Gasteiger partial charge on any atom is -0.476 e. The van der Waals surface area contributed by atoms with Crippen LogP contribution in [0.1, 0.15) is 36.2 Å². The third-order valence-corrected chi connectivity index (χ3v) is 4.55. The van der Waals surface area contributed by atoms with Gasteiger partial charge in [0, 0.05) is 18.6 Å². The van der Waals surface area contributed by atoms with Crippen molar-refractivity contribution in [3.63, 3.8) is 0 Å². The Morgan fingerprint density at radius 2 is 2.26 bits per heavy atom. The highest BCUT2D eigenvalue weighted by molar-refractivity contribution is 5.84. The number of carboxylic acid groups (broad SMARTS) is 1. The molecule has 1 aromatic heterocycles. The lowest BCUT2D eigenvalue weighted by Gasteiger charge is -2.60. The molecule has 2 N–H and O–H groups in total. The molecule has 6 nitrogen and oxygen atoms in total. The molecule has 2 saturated carbocycles. The largest absolute Gasteiger partial charge is 0.476 e. The molecule has 0 radical (unpaired) electrons. The van der Waals surface area contributed by atoms with Crippen molar-refractivity contribution in [2.75, 3.05) is 12.4 Å². The van der Waals surface area contributed by atoms with Crippen LogP contribution in [0.3, 0.4) is 0 Å². The van der Waals surface area contributed by atoms with Crippen LogP contribution >= 0.6 is 0 Å². The van der Waals surface area contributed by atoms with E-state index in [9.17, 15) is 4.79 Å². The number of anilines is 1. The smallest absolute Gasteiger partial charge is 0.356 e. The molecule has 19 heavy (non-hydrogen) atoms. The summed E-state index contributed by atoms with van der Waals surface area (Å²) in [6.45, 7) is 0. The quantitative estimate of drug-likeness (QED) is 0.857. The first-order valence-corrected chi connectivity index (χ1v) is 6.50. The Morgan fingerprint density at radius 3 is 2.74 bits per heavy atom. The Labute approximate surface area is 111 Å². The van der Waals surface area contributed by atoms with Crippen LogP contribution in [-0.4, -0.2) is 40.3 Å². The van der Waals surface area contributed by atoms with Crippen LogP contribution in [0.4, 0.5) is 5.82 Å². The number of nitrogens with one attached hydrogen (secondary N) is 1. The number of aromatic nitrogens is 2. The maximum atomic E-state index is 10.7. The third kappa shape index (κ3) is 1.87. The van der Waals surface area contributed by atoms with Gasteiger partial charge in [-0.1, -0.05) is 6.42 Å². The molecule has 0 amide bonds. The molecule has 2 aliphatic rings. The summed E-state index contributed by atoms with van der Waals surface area (Å²) < 4.78 is 5.51. The van der Waals surface area contributed by atoms with Crippen molar-refractivity contribution in [2.24, 2.45) is 5.41 Å². The molecule has 2 aliphatic carbocycles. The van der Waals surface area contributed by atoms with Crippen molar-refractivity contribution in [2.45, 2.75) is 37.8 Å². The van der Waals surface area contributed by atoms with Gasteiger partial charge in [0.25, 0.3) is 0 Å². The SMILES string of the molecule is COC1CC(Nc2cnc(C(=O)O)cn2)C12CCC2. The van der Waals surface area contributed by atoms with Crippen LogP contribution in [0.25, 0.3) is 0 Å². The molecule has 2 atom stereocenters. The van der Waals surface area contributed by atoms with E-state index >= 15 is 0 Å². The zero-order chi connectivity index (χ0) is 13.5. The van der Waals surface area contributed by atoms with Crippen molar-refractivity contribution in [1.29, 1.82) is 0 Å². The Bertz CT molecular complexity index is 484. The van der Waals surface area contributed by atoms with Gasteiger partial charge in [0.05, 0.1) is 18.5 Å². The van der Waals surface area contributed by atoms with Crippen LogP contribution in [-0.2, 0) is 4.74 Å². The second kappa shape index (κ2) is 4.45. The van der Waals surface area contributed by atoms with Gasteiger partial charge >= 0.3 is 5.97 Å². The van der Waals surface area contributed by atoms with E-state index in [1.54, 1.807) is 7.11 Å². The predicted molar refractivity (Wildman–Crippen MR) is 68.1 cm³/mol. The van der Waals surface area contributed by atoms with Crippen LogP contribution in [0, 0.1) is 5.41 Å². The third-order valence-electron chi connectivity index (χ3n) is 4.55. The number of rotatable bonds is 4. The van der Waals surface area contributed by atoms with Gasteiger partial charge < -0.3 is 15.2 Å². The molecule has 0 aromatic carbocycles. The molecular formula is C13H17N3O3. The number of nitrogens with zero attached hydrogens (tertiary/aromatic N) is 2. The molecule has 2 fully saturated rings. The molecule has 1 aromatic rings. The summed E-state index contributed by atoms with van der Waals surface area (Å²) in [5.41, 5.74) is 0.217. The summed E-state index contributed by atoms with van der Waals surface area (Å²) >= 11 is 0. The maximum absolute atomic E-state index is 10.7. The van der Waals surface area contributed by atoms with E-state index in [1.807, 2.05) is 0 Å². The van der Waals surface area contributed by atoms with E-state index in [1.165, 1.54) is 31.7 Å². The van der Waals surface area contributed by atoms with Gasteiger partial charge in [0.1, 0.15) is 5.82 Å². The maximum Gasteiger partial charge on any atom is 0.356 e. The first-order chi connectivity index (χ1) is 9.15. The molecule has 2 unspecified atom stereocenters. The average molecular weight is 263 g/mol. The van der Waals surface area contributed by atoms with Gasteiger partial charge in [-0.05, 0) is 19.3 Å². The summed E-state index contributed by atoms with van der Waals surface area (Å²) in [5, 5.41) is 12.1. The number of hydrogen-bond donors (Lipinski definition) is 2. The fraction of sp³-hybridized carbons (Fsp3) is 0.615. The van der Waals surface area contributed by atoms with Gasteiger partial charge in [-0.3, -0.25) is 0 Å². The van der Waals surface area contributed by atoms with Crippen molar-refractivity contribution in [3.05, 3.63) is 18.1 Å². The first-order valence-electron chi connectivity index (χ1n) is 6.50. The first kappa shape index (κ1) is 12.3. The van der Waals surface area contributed by atoms with Gasteiger partial charge in [-0.2, -0.15) is 0 Å². The Balaban J connectivity index is 1.67. The Morgan fingerprint density at radius 1 is 1.47 bits per heavy atom. The van der Waals surface area contributed by atoms with Crippen molar-refractivity contribution in [3.8, 4) is 0 Å². The number of ether oxygens (including phenoxy) is 1. The van der Waals surface area contributed by atoms with Crippen molar-refractivity contribution in [1.82, 2.24) is 9.97 Å². The summed E-state index contributed by atoms with van der Waals surface area (Å²) in [6.07, 6.45) is 7.69. The monoisotopic (exact) mass is 263 g/mol. The number of hydrogen-bond acceptors (Lipinski definition) is 5. The van der Waals surface area contributed by atoms with Crippen LogP contribution < -0.4 is 5.32 Å². The minimum absolute atomic E-state index is 0.0349. The topological polar surface area (TPSA) is 84.3 Å². The number of aromatic carboxylic acids is 1. The van der Waals surface area contributed by atoms with Crippen LogP contribution in [0.5, 0.6) is 0 Å². The van der Waals surface area contributed by atoms with Gasteiger partial charge in [0.2, 0.25) is 0 Å². The zero-order valence-corrected chi connectivity index (χ0v) is 10.8. The second-order valence-electron chi connectivity index (χ2n) is 5.34. The fourth-order valence-corrected chi connectivity index (χ4v) is 3.23. The van der Waals surface area contributed by atoms with Gasteiger partial charge in [-0.25, -0.2) is 14.8 Å². The van der Waals surface area contributed by atoms with E-state index in [2.05, 4.69) is 15.3 Å². The molecule has 0 aliphatic heterocycles. The molecule has 0 saturated heterocycles. The van der Waals surface area contributed by atoms with E-state index in [-0.39, 0.29) is 11.1 Å². The number of carbonyl (C=O) groups is 1. The van der Waals surface area contributed by atoms with Crippen molar-refractivity contribution >= 4 is 11.8 Å². The molecule has 3 rings (SSSR count). The summed E-state index contributed by atoms with van der Waals surface area (Å²) in [6, 6.07) is 0.358. The molecule has 102 valence electrons. The summed E-state index contributed by atoms with van der Waals surface area (Å²) in [5.74, 6) is -0.423. The molecule has 1 heterocycles. The summed E-state index contributed by atoms with van der Waals surface area (Å²) in [7, 11) is 1.77. The predicted octanol–water partition coefficient (Wildman–Crippen LogP) is 1.54. The lowest BCUT2D eigenvalue weighted by molar-refractivity contribution is -0.145. The van der Waals surface area contributed by atoms with Crippen LogP contribution in [0.2, 0.25) is 0 Å². The lowest BCUT2D eigenvalue weighted by atomic mass is 9.51. The Hall–Kier alpha value is -1.69. The lowest BCUT2D eigenvalue weighted by Crippen LogP contribution is -2.64. The molecule has 6 heteroatoms. The van der Waals surface area contributed by atoms with E-state index in [0.717, 1.165) is 6.42 Å². The number of methoxy groups -OCH3 is 1. The number of carboxylic acids is 1. The van der Waals surface area contributed by atoms with Crippen molar-refractivity contribution < 1.29 is 14.6 Å². The zero-order valence-electron chi connectivity index (χ0n) is 10.8. The molecule has 1 spiro atoms. The highest BCUT2D eigenvalue weighted by Crippen LogP contribution is 2.57. The van der Waals surface area contributed by atoms with Gasteiger partial charge in [0.15, 0.2) is 5.69 Å². The van der Waals surface area contributed by atoms with Gasteiger partial charge in [-0.15, -0.1) is 0 Å². The second-order valence-corrected chi connectivity index (χ2v) is 5.34.